The first-order chi connectivity index (χ1) is 11.6. The number of aryl methyl sites for hydroxylation is 1. The number of nitrogens with one attached hydrogen (secondary N) is 1. The highest BCUT2D eigenvalue weighted by Gasteiger charge is 2.24. The number of anilines is 1. The van der Waals surface area contributed by atoms with Crippen molar-refractivity contribution in [3.63, 3.8) is 0 Å². The molecule has 3 nitrogen and oxygen atoms in total. The second-order valence-corrected chi connectivity index (χ2v) is 6.76. The van der Waals surface area contributed by atoms with Crippen molar-refractivity contribution in [3.8, 4) is 5.69 Å². The summed E-state index contributed by atoms with van der Waals surface area (Å²) >= 11 is 6.34. The van der Waals surface area contributed by atoms with Crippen LogP contribution >= 0.6 is 11.6 Å². The second-order valence-electron chi connectivity index (χ2n) is 6.35. The molecule has 0 fully saturated rings. The normalized spacial score (nSPS) is 13.0. The topological polar surface area (TPSA) is 29.9 Å². The Kier molecular flexibility index (Phi) is 3.81. The van der Waals surface area contributed by atoms with Crippen molar-refractivity contribution in [1.29, 1.82) is 0 Å². The average Bonchev–Trinajstić information content (AvgIpc) is 3.16. The SMILES string of the molecule is Cc1cccc(-n2nc(Cc3ccccc3Cl)c3c2NCC3)c1C. The van der Waals surface area contributed by atoms with Crippen molar-refractivity contribution >= 4 is 17.4 Å². The molecule has 2 heterocycles. The van der Waals surface area contributed by atoms with E-state index in [9.17, 15) is 0 Å². The lowest BCUT2D eigenvalue weighted by molar-refractivity contribution is 0.833. The fourth-order valence-electron chi connectivity index (χ4n) is 3.35. The second kappa shape index (κ2) is 5.99. The molecule has 0 saturated carbocycles. The highest BCUT2D eigenvalue weighted by atomic mass is 35.5. The molecule has 1 N–H and O–H groups in total. The maximum atomic E-state index is 6.34. The minimum atomic E-state index is 0.765. The summed E-state index contributed by atoms with van der Waals surface area (Å²) in [5.74, 6) is 1.13. The summed E-state index contributed by atoms with van der Waals surface area (Å²) < 4.78 is 2.07. The number of halogens is 1. The van der Waals surface area contributed by atoms with E-state index < -0.39 is 0 Å². The molecule has 1 aliphatic heterocycles. The zero-order chi connectivity index (χ0) is 16.7. The summed E-state index contributed by atoms with van der Waals surface area (Å²) in [5, 5.41) is 9.24. The number of hydrogen-bond acceptors (Lipinski definition) is 2. The van der Waals surface area contributed by atoms with Gasteiger partial charge in [-0.2, -0.15) is 5.10 Å². The molecule has 3 aromatic rings. The third-order valence-electron chi connectivity index (χ3n) is 4.85. The Morgan fingerprint density at radius 3 is 2.79 bits per heavy atom. The summed E-state index contributed by atoms with van der Waals surface area (Å²) in [7, 11) is 0. The van der Waals surface area contributed by atoms with Gasteiger partial charge in [-0.1, -0.05) is 41.9 Å². The quantitative estimate of drug-likeness (QED) is 0.750. The fourth-order valence-corrected chi connectivity index (χ4v) is 3.55. The maximum Gasteiger partial charge on any atom is 0.133 e. The molecule has 1 aliphatic rings. The number of rotatable bonds is 3. The molecule has 2 aromatic carbocycles. The molecule has 1 aromatic heterocycles. The van der Waals surface area contributed by atoms with Crippen LogP contribution in [0.5, 0.6) is 0 Å². The minimum Gasteiger partial charge on any atom is -0.369 e. The van der Waals surface area contributed by atoms with Gasteiger partial charge < -0.3 is 5.32 Å². The van der Waals surface area contributed by atoms with Crippen molar-refractivity contribution in [2.24, 2.45) is 0 Å². The predicted octanol–water partition coefficient (Wildman–Crippen LogP) is 4.70. The monoisotopic (exact) mass is 337 g/mol. The van der Waals surface area contributed by atoms with E-state index in [1.54, 1.807) is 0 Å². The van der Waals surface area contributed by atoms with E-state index in [1.165, 1.54) is 16.7 Å². The van der Waals surface area contributed by atoms with Crippen LogP contribution in [0.3, 0.4) is 0 Å². The van der Waals surface area contributed by atoms with E-state index in [1.807, 2.05) is 18.2 Å². The van der Waals surface area contributed by atoms with Crippen LogP contribution in [0.1, 0.15) is 27.9 Å². The lowest BCUT2D eigenvalue weighted by Crippen LogP contribution is -2.07. The van der Waals surface area contributed by atoms with E-state index in [2.05, 4.69) is 48.1 Å². The van der Waals surface area contributed by atoms with Gasteiger partial charge in [-0.05, 0) is 49.1 Å². The van der Waals surface area contributed by atoms with Crippen LogP contribution in [0.4, 0.5) is 5.82 Å². The van der Waals surface area contributed by atoms with Gasteiger partial charge >= 0.3 is 0 Å². The van der Waals surface area contributed by atoms with E-state index in [0.29, 0.717) is 0 Å². The molecule has 0 spiro atoms. The third kappa shape index (κ3) is 2.49. The number of benzene rings is 2. The first-order valence-corrected chi connectivity index (χ1v) is 8.67. The summed E-state index contributed by atoms with van der Waals surface area (Å²) in [6, 6.07) is 14.4. The van der Waals surface area contributed by atoms with Crippen molar-refractivity contribution in [1.82, 2.24) is 9.78 Å². The maximum absolute atomic E-state index is 6.34. The summed E-state index contributed by atoms with van der Waals surface area (Å²) in [5.41, 5.74) is 7.24. The summed E-state index contributed by atoms with van der Waals surface area (Å²) in [6.07, 6.45) is 1.78. The Balaban J connectivity index is 1.81. The van der Waals surface area contributed by atoms with E-state index in [0.717, 1.165) is 47.2 Å². The van der Waals surface area contributed by atoms with E-state index in [4.69, 9.17) is 16.7 Å². The van der Waals surface area contributed by atoms with Crippen LogP contribution in [0.15, 0.2) is 42.5 Å². The Bertz CT molecular complexity index is 911. The molecule has 0 bridgehead atoms. The standard InChI is InChI=1S/C20H20ClN3/c1-13-6-5-9-19(14(13)2)24-20-16(10-11-22-20)18(23-24)12-15-7-3-4-8-17(15)21/h3-9,22H,10-12H2,1-2H3. The first-order valence-electron chi connectivity index (χ1n) is 8.30. The van der Waals surface area contributed by atoms with Crippen LogP contribution < -0.4 is 5.32 Å². The van der Waals surface area contributed by atoms with Gasteiger partial charge in [0.25, 0.3) is 0 Å². The number of nitrogens with zero attached hydrogens (tertiary/aromatic N) is 2. The third-order valence-corrected chi connectivity index (χ3v) is 5.22. The Morgan fingerprint density at radius 1 is 1.12 bits per heavy atom. The molecule has 0 radical (unpaired) electrons. The molecular weight excluding hydrogens is 318 g/mol. The fraction of sp³-hybridized carbons (Fsp3) is 0.250. The minimum absolute atomic E-state index is 0.765. The van der Waals surface area contributed by atoms with Crippen molar-refractivity contribution in [2.75, 3.05) is 11.9 Å². The molecule has 122 valence electrons. The van der Waals surface area contributed by atoms with Gasteiger partial charge in [0.15, 0.2) is 0 Å². The average molecular weight is 338 g/mol. The Hall–Kier alpha value is -2.26. The van der Waals surface area contributed by atoms with Crippen molar-refractivity contribution < 1.29 is 0 Å². The van der Waals surface area contributed by atoms with Crippen molar-refractivity contribution in [2.45, 2.75) is 26.7 Å². The van der Waals surface area contributed by atoms with Gasteiger partial charge in [0.2, 0.25) is 0 Å². The van der Waals surface area contributed by atoms with Crippen LogP contribution in [0.2, 0.25) is 5.02 Å². The first kappa shape index (κ1) is 15.3. The zero-order valence-corrected chi connectivity index (χ0v) is 14.7. The smallest absolute Gasteiger partial charge is 0.133 e. The Labute approximate surface area is 147 Å². The highest BCUT2D eigenvalue weighted by molar-refractivity contribution is 6.31. The molecular formula is C20H20ClN3. The van der Waals surface area contributed by atoms with Gasteiger partial charge in [-0.15, -0.1) is 0 Å². The Morgan fingerprint density at radius 2 is 1.96 bits per heavy atom. The molecule has 4 heteroatoms. The van der Waals surface area contributed by atoms with Crippen LogP contribution in [-0.4, -0.2) is 16.3 Å². The molecule has 0 amide bonds. The van der Waals surface area contributed by atoms with Gasteiger partial charge in [0.1, 0.15) is 5.82 Å². The highest BCUT2D eigenvalue weighted by Crippen LogP contribution is 2.32. The van der Waals surface area contributed by atoms with Crippen LogP contribution in [-0.2, 0) is 12.8 Å². The lowest BCUT2D eigenvalue weighted by Gasteiger charge is -2.11. The van der Waals surface area contributed by atoms with Crippen LogP contribution in [0.25, 0.3) is 5.69 Å². The molecule has 0 unspecified atom stereocenters. The number of fused-ring (bicyclic) bond motifs is 1. The molecule has 0 saturated heterocycles. The van der Waals surface area contributed by atoms with Gasteiger partial charge in [-0.25, -0.2) is 4.68 Å². The molecule has 0 aliphatic carbocycles. The van der Waals surface area contributed by atoms with Crippen molar-refractivity contribution in [3.05, 3.63) is 75.4 Å². The predicted molar refractivity (Wildman–Crippen MR) is 99.5 cm³/mol. The van der Waals surface area contributed by atoms with Gasteiger partial charge in [0, 0.05) is 23.6 Å². The van der Waals surface area contributed by atoms with Crippen LogP contribution in [0, 0.1) is 13.8 Å². The largest absolute Gasteiger partial charge is 0.369 e. The molecule has 0 atom stereocenters. The number of hydrogen-bond donors (Lipinski definition) is 1. The van der Waals surface area contributed by atoms with E-state index >= 15 is 0 Å². The summed E-state index contributed by atoms with van der Waals surface area (Å²) in [6.45, 7) is 5.26. The summed E-state index contributed by atoms with van der Waals surface area (Å²) in [4.78, 5) is 0. The molecule has 24 heavy (non-hydrogen) atoms. The lowest BCUT2D eigenvalue weighted by atomic mass is 10.1. The van der Waals surface area contributed by atoms with Gasteiger partial charge in [0.05, 0.1) is 11.4 Å². The zero-order valence-electron chi connectivity index (χ0n) is 13.9. The molecule has 4 rings (SSSR count). The van der Waals surface area contributed by atoms with Gasteiger partial charge in [-0.3, -0.25) is 0 Å². The number of aromatic nitrogens is 2. The van der Waals surface area contributed by atoms with E-state index in [-0.39, 0.29) is 0 Å².